The van der Waals surface area contributed by atoms with E-state index < -0.39 is 5.95 Å². The van der Waals surface area contributed by atoms with E-state index in [1.54, 1.807) is 0 Å². The van der Waals surface area contributed by atoms with E-state index in [-0.39, 0.29) is 5.91 Å². The first-order chi connectivity index (χ1) is 8.24. The number of carbonyl (C=O) groups is 1. The second-order valence-corrected chi connectivity index (χ2v) is 3.59. The smallest absolute Gasteiger partial charge is 0.252 e. The standard InChI is InChI=1S/C12H17FN2O2/c1-2-3-7-17-8-6-14-12(16)10-4-5-11(13)15-9-10/h4-5,9H,2-3,6-8H2,1H3,(H,14,16). The zero-order valence-electron chi connectivity index (χ0n) is 9.91. The lowest BCUT2D eigenvalue weighted by Gasteiger charge is -2.05. The van der Waals surface area contributed by atoms with Gasteiger partial charge in [0.05, 0.1) is 12.2 Å². The number of unbranched alkanes of at least 4 members (excludes halogenated alkanes) is 1. The minimum Gasteiger partial charge on any atom is -0.380 e. The fraction of sp³-hybridized carbons (Fsp3) is 0.500. The van der Waals surface area contributed by atoms with Crippen molar-refractivity contribution in [3.05, 3.63) is 29.8 Å². The Bertz CT molecular complexity index is 341. The van der Waals surface area contributed by atoms with Gasteiger partial charge in [0.2, 0.25) is 5.95 Å². The molecule has 17 heavy (non-hydrogen) atoms. The molecule has 0 unspecified atom stereocenters. The first-order valence-corrected chi connectivity index (χ1v) is 5.71. The van der Waals surface area contributed by atoms with Crippen LogP contribution >= 0.6 is 0 Å². The van der Waals surface area contributed by atoms with Crippen molar-refractivity contribution < 1.29 is 13.9 Å². The van der Waals surface area contributed by atoms with E-state index in [0.29, 0.717) is 25.3 Å². The lowest BCUT2D eigenvalue weighted by Crippen LogP contribution is -2.27. The molecule has 1 aromatic rings. The quantitative estimate of drug-likeness (QED) is 0.583. The van der Waals surface area contributed by atoms with Gasteiger partial charge in [-0.15, -0.1) is 0 Å². The van der Waals surface area contributed by atoms with E-state index in [4.69, 9.17) is 4.74 Å². The summed E-state index contributed by atoms with van der Waals surface area (Å²) in [6, 6.07) is 2.56. The van der Waals surface area contributed by atoms with Crippen LogP contribution in [0.1, 0.15) is 30.1 Å². The van der Waals surface area contributed by atoms with Crippen LogP contribution in [-0.2, 0) is 4.74 Å². The Morgan fingerprint density at radius 2 is 2.29 bits per heavy atom. The van der Waals surface area contributed by atoms with Gasteiger partial charge >= 0.3 is 0 Å². The van der Waals surface area contributed by atoms with E-state index in [0.717, 1.165) is 18.9 Å². The normalized spacial score (nSPS) is 10.2. The number of aromatic nitrogens is 1. The molecular formula is C12H17FN2O2. The number of amides is 1. The van der Waals surface area contributed by atoms with Crippen molar-refractivity contribution in [2.45, 2.75) is 19.8 Å². The van der Waals surface area contributed by atoms with Gasteiger partial charge in [-0.3, -0.25) is 4.79 Å². The topological polar surface area (TPSA) is 51.2 Å². The van der Waals surface area contributed by atoms with E-state index in [1.807, 2.05) is 0 Å². The average Bonchev–Trinajstić information content (AvgIpc) is 2.34. The molecule has 0 bridgehead atoms. The predicted molar refractivity (Wildman–Crippen MR) is 62.3 cm³/mol. The largest absolute Gasteiger partial charge is 0.380 e. The Hall–Kier alpha value is -1.49. The number of rotatable bonds is 7. The highest BCUT2D eigenvalue weighted by Crippen LogP contribution is 1.98. The second-order valence-electron chi connectivity index (χ2n) is 3.59. The molecule has 0 spiro atoms. The lowest BCUT2D eigenvalue weighted by molar-refractivity contribution is 0.0912. The van der Waals surface area contributed by atoms with Gasteiger partial charge in [0.15, 0.2) is 0 Å². The van der Waals surface area contributed by atoms with Gasteiger partial charge in [-0.2, -0.15) is 4.39 Å². The molecule has 1 amide bonds. The molecule has 0 aromatic carbocycles. The number of ether oxygens (including phenoxy) is 1. The number of pyridine rings is 1. The van der Waals surface area contributed by atoms with Crippen molar-refractivity contribution in [1.29, 1.82) is 0 Å². The summed E-state index contributed by atoms with van der Waals surface area (Å²) in [5.74, 6) is -0.860. The van der Waals surface area contributed by atoms with Crippen molar-refractivity contribution in [2.75, 3.05) is 19.8 Å². The van der Waals surface area contributed by atoms with E-state index in [1.165, 1.54) is 12.3 Å². The highest BCUT2D eigenvalue weighted by atomic mass is 19.1. The van der Waals surface area contributed by atoms with Crippen molar-refractivity contribution >= 4 is 5.91 Å². The summed E-state index contributed by atoms with van der Waals surface area (Å²) in [6.07, 6.45) is 3.33. The zero-order chi connectivity index (χ0) is 12.5. The highest BCUT2D eigenvalue weighted by Gasteiger charge is 2.04. The van der Waals surface area contributed by atoms with Crippen molar-refractivity contribution in [2.24, 2.45) is 0 Å². The van der Waals surface area contributed by atoms with Gasteiger partial charge in [0.1, 0.15) is 0 Å². The van der Waals surface area contributed by atoms with Gasteiger partial charge in [0, 0.05) is 19.3 Å². The molecular weight excluding hydrogens is 223 g/mol. The van der Waals surface area contributed by atoms with E-state index in [2.05, 4.69) is 17.2 Å². The number of nitrogens with one attached hydrogen (secondary N) is 1. The molecule has 1 rings (SSSR count). The van der Waals surface area contributed by atoms with Gasteiger partial charge in [0.25, 0.3) is 5.91 Å². The van der Waals surface area contributed by atoms with Crippen LogP contribution in [0.15, 0.2) is 18.3 Å². The summed E-state index contributed by atoms with van der Waals surface area (Å²) in [7, 11) is 0. The first kappa shape index (κ1) is 13.6. The molecule has 0 atom stereocenters. The maximum Gasteiger partial charge on any atom is 0.252 e. The van der Waals surface area contributed by atoms with E-state index in [9.17, 15) is 9.18 Å². The number of nitrogens with zero attached hydrogens (tertiary/aromatic N) is 1. The molecule has 4 nitrogen and oxygen atoms in total. The molecule has 5 heteroatoms. The minimum atomic E-state index is -0.593. The Balaban J connectivity index is 2.19. The van der Waals surface area contributed by atoms with Gasteiger partial charge in [-0.05, 0) is 18.6 Å². The number of hydrogen-bond acceptors (Lipinski definition) is 3. The summed E-state index contributed by atoms with van der Waals surface area (Å²) >= 11 is 0. The van der Waals surface area contributed by atoms with Crippen LogP contribution < -0.4 is 5.32 Å². The Morgan fingerprint density at radius 1 is 1.47 bits per heavy atom. The Kier molecular flexibility index (Phi) is 6.17. The third-order valence-electron chi connectivity index (χ3n) is 2.16. The van der Waals surface area contributed by atoms with Crippen molar-refractivity contribution in [1.82, 2.24) is 10.3 Å². The van der Waals surface area contributed by atoms with Gasteiger partial charge in [-0.1, -0.05) is 13.3 Å². The summed E-state index contributed by atoms with van der Waals surface area (Å²) in [5, 5.41) is 2.67. The second kappa shape index (κ2) is 7.73. The molecule has 0 aliphatic carbocycles. The minimum absolute atomic E-state index is 0.267. The van der Waals surface area contributed by atoms with Crippen LogP contribution in [0.5, 0.6) is 0 Å². The number of halogens is 1. The van der Waals surface area contributed by atoms with E-state index >= 15 is 0 Å². The van der Waals surface area contributed by atoms with Crippen LogP contribution in [0.4, 0.5) is 4.39 Å². The zero-order valence-corrected chi connectivity index (χ0v) is 9.91. The molecule has 94 valence electrons. The molecule has 1 N–H and O–H groups in total. The van der Waals surface area contributed by atoms with Crippen LogP contribution in [-0.4, -0.2) is 30.6 Å². The van der Waals surface area contributed by atoms with Crippen LogP contribution in [0.3, 0.4) is 0 Å². The Morgan fingerprint density at radius 3 is 2.94 bits per heavy atom. The fourth-order valence-electron chi connectivity index (χ4n) is 1.20. The summed E-state index contributed by atoms with van der Waals surface area (Å²) < 4.78 is 17.8. The van der Waals surface area contributed by atoms with Crippen LogP contribution in [0.2, 0.25) is 0 Å². The molecule has 0 saturated carbocycles. The monoisotopic (exact) mass is 240 g/mol. The first-order valence-electron chi connectivity index (χ1n) is 5.71. The van der Waals surface area contributed by atoms with Crippen molar-refractivity contribution in [3.8, 4) is 0 Å². The number of carbonyl (C=O) groups excluding carboxylic acids is 1. The molecule has 1 heterocycles. The fourth-order valence-corrected chi connectivity index (χ4v) is 1.20. The number of hydrogen-bond donors (Lipinski definition) is 1. The average molecular weight is 240 g/mol. The van der Waals surface area contributed by atoms with Gasteiger partial charge < -0.3 is 10.1 Å². The maximum atomic E-state index is 12.5. The molecule has 0 saturated heterocycles. The Labute approximate surface area is 100 Å². The van der Waals surface area contributed by atoms with Gasteiger partial charge in [-0.25, -0.2) is 4.98 Å². The molecule has 0 radical (unpaired) electrons. The maximum absolute atomic E-state index is 12.5. The third-order valence-corrected chi connectivity index (χ3v) is 2.16. The van der Waals surface area contributed by atoms with Crippen molar-refractivity contribution in [3.63, 3.8) is 0 Å². The SMILES string of the molecule is CCCCOCCNC(=O)c1ccc(F)nc1. The third kappa shape index (κ3) is 5.40. The summed E-state index contributed by atoms with van der Waals surface area (Å²) in [6.45, 7) is 3.73. The lowest BCUT2D eigenvalue weighted by atomic mass is 10.3. The summed E-state index contributed by atoms with van der Waals surface area (Å²) in [4.78, 5) is 14.9. The molecule has 1 aromatic heterocycles. The molecule has 0 aliphatic heterocycles. The molecule has 0 fully saturated rings. The highest BCUT2D eigenvalue weighted by molar-refractivity contribution is 5.93. The summed E-state index contributed by atoms with van der Waals surface area (Å²) in [5.41, 5.74) is 0.347. The van der Waals surface area contributed by atoms with Crippen LogP contribution in [0, 0.1) is 5.95 Å². The molecule has 0 aliphatic rings. The van der Waals surface area contributed by atoms with Crippen LogP contribution in [0.25, 0.3) is 0 Å². The predicted octanol–water partition coefficient (Wildman–Crippen LogP) is 1.77.